The van der Waals surface area contributed by atoms with Crippen LogP contribution in [0.2, 0.25) is 5.02 Å². The Kier molecular flexibility index (Phi) is 5.34. The fourth-order valence-electron chi connectivity index (χ4n) is 2.21. The number of rotatable bonds is 4. The van der Waals surface area contributed by atoms with Crippen LogP contribution in [0.15, 0.2) is 18.2 Å². The van der Waals surface area contributed by atoms with Gasteiger partial charge in [-0.1, -0.05) is 17.7 Å². The van der Waals surface area contributed by atoms with E-state index >= 15 is 0 Å². The van der Waals surface area contributed by atoms with Gasteiger partial charge in [-0.3, -0.25) is 4.79 Å². The highest BCUT2D eigenvalue weighted by molar-refractivity contribution is 6.31. The highest BCUT2D eigenvalue weighted by Gasteiger charge is 2.19. The molecule has 0 aromatic heterocycles. The highest BCUT2D eigenvalue weighted by atomic mass is 35.5. The van der Waals surface area contributed by atoms with E-state index in [2.05, 4.69) is 10.6 Å². The number of benzene rings is 1. The molecule has 4 nitrogen and oxygen atoms in total. The number of nitrogens with one attached hydrogen (secondary N) is 2. The first-order valence-corrected chi connectivity index (χ1v) is 6.99. The van der Waals surface area contributed by atoms with Crippen LogP contribution in [0.5, 0.6) is 0 Å². The van der Waals surface area contributed by atoms with Crippen molar-refractivity contribution in [1.29, 1.82) is 0 Å². The number of carbonyl (C=O) groups is 1. The molecule has 20 heavy (non-hydrogen) atoms. The first-order valence-electron chi connectivity index (χ1n) is 6.61. The minimum atomic E-state index is -0.388. The number of halogens is 2. The molecule has 1 fully saturated rings. The smallest absolute Gasteiger partial charge is 0.222 e. The van der Waals surface area contributed by atoms with Crippen molar-refractivity contribution in [2.45, 2.75) is 25.4 Å². The van der Waals surface area contributed by atoms with Gasteiger partial charge in [0.15, 0.2) is 0 Å². The third kappa shape index (κ3) is 4.16. The fraction of sp³-hybridized carbons (Fsp3) is 0.500. The summed E-state index contributed by atoms with van der Waals surface area (Å²) in [5, 5.41) is 6.40. The Labute approximate surface area is 122 Å². The van der Waals surface area contributed by atoms with Crippen LogP contribution in [0.3, 0.4) is 0 Å². The van der Waals surface area contributed by atoms with E-state index in [9.17, 15) is 9.18 Å². The Hall–Kier alpha value is -1.17. The van der Waals surface area contributed by atoms with Crippen molar-refractivity contribution in [3.63, 3.8) is 0 Å². The second-order valence-electron chi connectivity index (χ2n) is 4.89. The van der Waals surface area contributed by atoms with Crippen molar-refractivity contribution in [1.82, 2.24) is 10.6 Å². The molecule has 2 N–H and O–H groups in total. The van der Waals surface area contributed by atoms with Crippen molar-refractivity contribution in [2.24, 2.45) is 0 Å². The van der Waals surface area contributed by atoms with Crippen molar-refractivity contribution in [3.8, 4) is 0 Å². The summed E-state index contributed by atoms with van der Waals surface area (Å²) >= 11 is 5.98. The average Bonchev–Trinajstić information content (AvgIpc) is 2.39. The third-order valence-corrected chi connectivity index (χ3v) is 3.56. The molecule has 2 rings (SSSR count). The molecule has 0 saturated carbocycles. The van der Waals surface area contributed by atoms with E-state index in [4.69, 9.17) is 16.3 Å². The summed E-state index contributed by atoms with van der Waals surface area (Å²) in [5.74, 6) is -0.471. The topological polar surface area (TPSA) is 50.4 Å². The summed E-state index contributed by atoms with van der Waals surface area (Å²) in [6.07, 6.45) is 0.350. The zero-order valence-electron chi connectivity index (χ0n) is 11.3. The molecule has 1 aliphatic rings. The van der Waals surface area contributed by atoms with Gasteiger partial charge in [0.25, 0.3) is 0 Å². The van der Waals surface area contributed by atoms with Gasteiger partial charge in [-0.2, -0.15) is 0 Å². The minimum Gasteiger partial charge on any atom is -0.378 e. The van der Waals surface area contributed by atoms with Crippen molar-refractivity contribution in [3.05, 3.63) is 34.6 Å². The van der Waals surface area contributed by atoms with Gasteiger partial charge in [0.1, 0.15) is 5.82 Å². The Morgan fingerprint density at radius 2 is 2.45 bits per heavy atom. The number of hydrogen-bond donors (Lipinski definition) is 2. The Bertz CT molecular complexity index is 478. The monoisotopic (exact) mass is 300 g/mol. The standard InChI is InChI=1S/C14H18ClFN2O2/c1-9(12-3-2-10(16)6-13(12)15)18-14(19)7-11-8-20-5-4-17-11/h2-3,6,9,11,17H,4-5,7-8H2,1H3,(H,18,19). The quantitative estimate of drug-likeness (QED) is 0.894. The van der Waals surface area contributed by atoms with Crippen LogP contribution < -0.4 is 10.6 Å². The van der Waals surface area contributed by atoms with E-state index in [0.29, 0.717) is 30.2 Å². The number of morpholine rings is 1. The van der Waals surface area contributed by atoms with E-state index in [-0.39, 0.29) is 23.8 Å². The normalized spacial score (nSPS) is 20.4. The van der Waals surface area contributed by atoms with Crippen molar-refractivity contribution in [2.75, 3.05) is 19.8 Å². The predicted octanol–water partition coefficient (Wildman–Crippen LogP) is 2.03. The maximum atomic E-state index is 13.0. The molecule has 2 atom stereocenters. The SMILES string of the molecule is CC(NC(=O)CC1COCCN1)c1ccc(F)cc1Cl. The summed E-state index contributed by atoms with van der Waals surface area (Å²) in [6, 6.07) is 3.95. The van der Waals surface area contributed by atoms with Gasteiger partial charge in [0, 0.05) is 24.0 Å². The molecule has 1 aromatic carbocycles. The van der Waals surface area contributed by atoms with E-state index in [1.54, 1.807) is 6.07 Å². The van der Waals surface area contributed by atoms with E-state index in [1.165, 1.54) is 12.1 Å². The third-order valence-electron chi connectivity index (χ3n) is 3.24. The van der Waals surface area contributed by atoms with Crippen molar-refractivity contribution >= 4 is 17.5 Å². The predicted molar refractivity (Wildman–Crippen MR) is 75.2 cm³/mol. The lowest BCUT2D eigenvalue weighted by molar-refractivity contribution is -0.122. The summed E-state index contributed by atoms with van der Waals surface area (Å²) in [4.78, 5) is 11.9. The molecule has 0 aliphatic carbocycles. The molecule has 1 aromatic rings. The molecule has 0 radical (unpaired) electrons. The van der Waals surface area contributed by atoms with E-state index in [1.807, 2.05) is 6.92 Å². The minimum absolute atomic E-state index is 0.0413. The van der Waals surface area contributed by atoms with Gasteiger partial charge < -0.3 is 15.4 Å². The van der Waals surface area contributed by atoms with Gasteiger partial charge in [0.2, 0.25) is 5.91 Å². The van der Waals surface area contributed by atoms with Crippen LogP contribution in [-0.2, 0) is 9.53 Å². The molecule has 6 heteroatoms. The lowest BCUT2D eigenvalue weighted by Crippen LogP contribution is -2.44. The molecule has 1 saturated heterocycles. The van der Waals surface area contributed by atoms with Crippen LogP contribution in [0.25, 0.3) is 0 Å². The van der Waals surface area contributed by atoms with Gasteiger partial charge >= 0.3 is 0 Å². The van der Waals surface area contributed by atoms with E-state index in [0.717, 1.165) is 6.54 Å². The Balaban J connectivity index is 1.89. The van der Waals surface area contributed by atoms with E-state index < -0.39 is 0 Å². The lowest BCUT2D eigenvalue weighted by Gasteiger charge is -2.24. The molecule has 110 valence electrons. The van der Waals surface area contributed by atoms with Crippen LogP contribution >= 0.6 is 11.6 Å². The largest absolute Gasteiger partial charge is 0.378 e. The number of ether oxygens (including phenoxy) is 1. The summed E-state index contributed by atoms with van der Waals surface area (Å²) in [7, 11) is 0. The summed E-state index contributed by atoms with van der Waals surface area (Å²) < 4.78 is 18.3. The molecular formula is C14H18ClFN2O2. The number of amides is 1. The molecule has 1 aliphatic heterocycles. The molecule has 1 amide bonds. The first kappa shape index (κ1) is 15.2. The van der Waals surface area contributed by atoms with Gasteiger partial charge in [-0.05, 0) is 24.6 Å². The van der Waals surface area contributed by atoms with Crippen LogP contribution in [0.1, 0.15) is 24.9 Å². The molecule has 0 spiro atoms. The zero-order chi connectivity index (χ0) is 14.5. The Morgan fingerprint density at radius 3 is 3.10 bits per heavy atom. The highest BCUT2D eigenvalue weighted by Crippen LogP contribution is 2.23. The summed E-state index contributed by atoms with van der Waals surface area (Å²) in [6.45, 7) is 3.80. The maximum Gasteiger partial charge on any atom is 0.222 e. The first-order chi connectivity index (χ1) is 9.56. The average molecular weight is 301 g/mol. The van der Waals surface area contributed by atoms with Gasteiger partial charge in [-0.25, -0.2) is 4.39 Å². The Morgan fingerprint density at radius 1 is 1.65 bits per heavy atom. The molecular weight excluding hydrogens is 283 g/mol. The fourth-order valence-corrected chi connectivity index (χ4v) is 2.54. The van der Waals surface area contributed by atoms with Crippen LogP contribution in [0.4, 0.5) is 4.39 Å². The van der Waals surface area contributed by atoms with Gasteiger partial charge in [-0.15, -0.1) is 0 Å². The maximum absolute atomic E-state index is 13.0. The molecule has 0 bridgehead atoms. The number of hydrogen-bond acceptors (Lipinski definition) is 3. The molecule has 2 unspecified atom stereocenters. The number of carbonyl (C=O) groups excluding carboxylic acids is 1. The second kappa shape index (κ2) is 7.02. The van der Waals surface area contributed by atoms with Crippen LogP contribution in [0, 0.1) is 5.82 Å². The zero-order valence-corrected chi connectivity index (χ0v) is 12.0. The van der Waals surface area contributed by atoms with Gasteiger partial charge in [0.05, 0.1) is 19.3 Å². The summed E-state index contributed by atoms with van der Waals surface area (Å²) in [5.41, 5.74) is 0.703. The second-order valence-corrected chi connectivity index (χ2v) is 5.29. The molecule has 1 heterocycles. The van der Waals surface area contributed by atoms with Crippen LogP contribution in [-0.4, -0.2) is 31.7 Å². The van der Waals surface area contributed by atoms with Crippen molar-refractivity contribution < 1.29 is 13.9 Å². The lowest BCUT2D eigenvalue weighted by atomic mass is 10.1.